The second-order valence-corrected chi connectivity index (χ2v) is 8.54. The van der Waals surface area contributed by atoms with E-state index in [2.05, 4.69) is 10.4 Å². The molecule has 3 aliphatic rings. The first kappa shape index (κ1) is 20.3. The van der Waals surface area contributed by atoms with Crippen LogP contribution >= 0.6 is 0 Å². The van der Waals surface area contributed by atoms with Gasteiger partial charge in [-0.1, -0.05) is 42.5 Å². The lowest BCUT2D eigenvalue weighted by Gasteiger charge is -2.33. The van der Waals surface area contributed by atoms with Crippen LogP contribution in [0.4, 0.5) is 15.8 Å². The van der Waals surface area contributed by atoms with Gasteiger partial charge in [0.25, 0.3) is 0 Å². The highest BCUT2D eigenvalue weighted by molar-refractivity contribution is 6.24. The molecule has 0 spiro atoms. The predicted octanol–water partition coefficient (Wildman–Crippen LogP) is 3.34. The molecule has 34 heavy (non-hydrogen) atoms. The lowest BCUT2D eigenvalue weighted by Crippen LogP contribution is -2.46. The number of carbonyl (C=O) groups is 3. The maximum Gasteiger partial charge on any atom is 0.249 e. The average Bonchev–Trinajstić information content (AvgIpc) is 3.33. The molecule has 0 unspecified atom stereocenters. The molecule has 4 atom stereocenters. The second-order valence-electron chi connectivity index (χ2n) is 8.54. The number of para-hydroxylation sites is 1. The van der Waals surface area contributed by atoms with Crippen molar-refractivity contribution in [3.63, 3.8) is 0 Å². The van der Waals surface area contributed by atoms with Crippen LogP contribution in [0.2, 0.25) is 0 Å². The molecule has 3 aromatic carbocycles. The molecule has 0 saturated carbocycles. The summed E-state index contributed by atoms with van der Waals surface area (Å²) in [4.78, 5) is 41.9. The topological polar surface area (TPSA) is 82.1 Å². The van der Waals surface area contributed by atoms with Gasteiger partial charge >= 0.3 is 0 Å². The first-order valence-corrected chi connectivity index (χ1v) is 10.9. The number of hydrogen-bond acceptors (Lipinski definition) is 5. The van der Waals surface area contributed by atoms with E-state index in [9.17, 15) is 18.8 Å². The van der Waals surface area contributed by atoms with Crippen molar-refractivity contribution < 1.29 is 18.8 Å². The molecule has 0 aliphatic carbocycles. The van der Waals surface area contributed by atoms with Gasteiger partial charge in [0.2, 0.25) is 17.7 Å². The van der Waals surface area contributed by atoms with Gasteiger partial charge < -0.3 is 5.32 Å². The van der Waals surface area contributed by atoms with Gasteiger partial charge in [-0.2, -0.15) is 5.10 Å². The van der Waals surface area contributed by atoms with Crippen LogP contribution in [0.25, 0.3) is 0 Å². The first-order chi connectivity index (χ1) is 16.5. The fourth-order valence-electron chi connectivity index (χ4n) is 5.25. The van der Waals surface area contributed by atoms with E-state index >= 15 is 0 Å². The van der Waals surface area contributed by atoms with Crippen LogP contribution in [0.3, 0.4) is 0 Å². The average molecular weight is 454 g/mol. The number of amides is 3. The third kappa shape index (κ3) is 2.95. The van der Waals surface area contributed by atoms with Gasteiger partial charge in [0.15, 0.2) is 0 Å². The van der Waals surface area contributed by atoms with Crippen molar-refractivity contribution in [2.75, 3.05) is 10.2 Å². The number of carbonyl (C=O) groups excluding carboxylic acids is 3. The zero-order chi connectivity index (χ0) is 23.4. The molecular formula is C26H19FN4O3. The number of benzene rings is 3. The van der Waals surface area contributed by atoms with Gasteiger partial charge in [0, 0.05) is 5.69 Å². The fraction of sp³-hybridized carbons (Fsp3) is 0.154. The molecule has 1 N–H and O–H groups in total. The van der Waals surface area contributed by atoms with Gasteiger partial charge in [-0.15, -0.1) is 0 Å². The van der Waals surface area contributed by atoms with Crippen LogP contribution in [0.5, 0.6) is 0 Å². The standard InChI is InChI=1S/C26H19FN4O3/c27-16-10-12-18(13-11-16)30-25(33)20-21(26(30)34)23(24(32)29-17-7-2-1-3-8-17)31-22(20)19-9-5-4-6-15(19)14-28-31/h1-14,20-23H,(H,29,32)/t20-,21-,22-,23+/m1/s1. The van der Waals surface area contributed by atoms with Crippen LogP contribution < -0.4 is 10.2 Å². The maximum atomic E-state index is 13.7. The van der Waals surface area contributed by atoms with Crippen LogP contribution in [-0.2, 0) is 14.4 Å². The van der Waals surface area contributed by atoms with Crippen molar-refractivity contribution in [1.29, 1.82) is 0 Å². The van der Waals surface area contributed by atoms with E-state index in [4.69, 9.17) is 0 Å². The van der Waals surface area contributed by atoms with Gasteiger partial charge in [0.05, 0.1) is 29.8 Å². The van der Waals surface area contributed by atoms with Gasteiger partial charge in [-0.3, -0.25) is 19.4 Å². The Bertz CT molecular complexity index is 1340. The number of nitrogens with zero attached hydrogens (tertiary/aromatic N) is 3. The highest BCUT2D eigenvalue weighted by atomic mass is 19.1. The normalized spacial score (nSPS) is 24.6. The molecule has 2 saturated heterocycles. The van der Waals surface area contributed by atoms with E-state index in [1.807, 2.05) is 30.3 Å². The number of rotatable bonds is 3. The van der Waals surface area contributed by atoms with Crippen molar-refractivity contribution in [3.8, 4) is 0 Å². The molecule has 3 amide bonds. The van der Waals surface area contributed by atoms with E-state index in [1.54, 1.807) is 35.5 Å². The summed E-state index contributed by atoms with van der Waals surface area (Å²) in [7, 11) is 0. The summed E-state index contributed by atoms with van der Waals surface area (Å²) in [6.45, 7) is 0. The smallest absolute Gasteiger partial charge is 0.249 e. The molecule has 0 aromatic heterocycles. The number of hydrogen-bond donors (Lipinski definition) is 1. The van der Waals surface area contributed by atoms with Gasteiger partial charge in [-0.25, -0.2) is 9.29 Å². The quantitative estimate of drug-likeness (QED) is 0.616. The molecule has 2 fully saturated rings. The van der Waals surface area contributed by atoms with E-state index < -0.39 is 47.5 Å². The summed E-state index contributed by atoms with van der Waals surface area (Å²) >= 11 is 0. The van der Waals surface area contributed by atoms with Crippen LogP contribution in [0, 0.1) is 17.7 Å². The molecule has 7 nitrogen and oxygen atoms in total. The molecule has 3 heterocycles. The Morgan fingerprint density at radius 1 is 0.853 bits per heavy atom. The van der Waals surface area contributed by atoms with E-state index in [-0.39, 0.29) is 5.69 Å². The molecule has 0 radical (unpaired) electrons. The van der Waals surface area contributed by atoms with Crippen molar-refractivity contribution in [2.24, 2.45) is 16.9 Å². The zero-order valence-electron chi connectivity index (χ0n) is 17.8. The molecule has 168 valence electrons. The third-order valence-electron chi connectivity index (χ3n) is 6.69. The second kappa shape index (κ2) is 7.62. The van der Waals surface area contributed by atoms with E-state index in [0.717, 1.165) is 16.0 Å². The number of fused-ring (bicyclic) bond motifs is 5. The Hall–Kier alpha value is -4.33. The molecular weight excluding hydrogens is 435 g/mol. The number of hydrazone groups is 1. The van der Waals surface area contributed by atoms with Gasteiger partial charge in [-0.05, 0) is 47.5 Å². The summed E-state index contributed by atoms with van der Waals surface area (Å²) in [5.74, 6) is -3.53. The lowest BCUT2D eigenvalue weighted by atomic mass is 9.85. The molecule has 8 heteroatoms. The Morgan fingerprint density at radius 3 is 2.29 bits per heavy atom. The minimum atomic E-state index is -0.985. The number of nitrogens with one attached hydrogen (secondary N) is 1. The van der Waals surface area contributed by atoms with Crippen LogP contribution in [-0.4, -0.2) is 35.0 Å². The minimum Gasteiger partial charge on any atom is -0.324 e. The van der Waals surface area contributed by atoms with E-state index in [1.165, 1.54) is 24.3 Å². The third-order valence-corrected chi connectivity index (χ3v) is 6.69. The molecule has 3 aromatic rings. The van der Waals surface area contributed by atoms with Crippen LogP contribution in [0.15, 0.2) is 84.0 Å². The van der Waals surface area contributed by atoms with E-state index in [0.29, 0.717) is 5.69 Å². The minimum absolute atomic E-state index is 0.284. The van der Waals surface area contributed by atoms with Crippen molar-refractivity contribution >= 4 is 35.3 Å². The SMILES string of the molecule is O=C(Nc1ccccc1)[C@@H]1[C@@H]2C(=O)N(c3ccc(F)cc3)C(=O)[C@H]2[C@H]2c3ccccc3C=NN12. The van der Waals surface area contributed by atoms with Crippen molar-refractivity contribution in [1.82, 2.24) is 5.01 Å². The number of imide groups is 1. The maximum absolute atomic E-state index is 13.7. The monoisotopic (exact) mass is 454 g/mol. The fourth-order valence-corrected chi connectivity index (χ4v) is 5.25. The largest absolute Gasteiger partial charge is 0.324 e. The summed E-state index contributed by atoms with van der Waals surface area (Å²) in [5, 5.41) is 8.97. The Morgan fingerprint density at radius 2 is 1.53 bits per heavy atom. The highest BCUT2D eigenvalue weighted by Gasteiger charge is 2.65. The van der Waals surface area contributed by atoms with Crippen LogP contribution in [0.1, 0.15) is 17.2 Å². The molecule has 6 rings (SSSR count). The Kier molecular flexibility index (Phi) is 4.55. The molecule has 3 aliphatic heterocycles. The Balaban J connectivity index is 1.45. The van der Waals surface area contributed by atoms with Crippen molar-refractivity contribution in [3.05, 3.63) is 95.8 Å². The first-order valence-electron chi connectivity index (χ1n) is 10.9. The predicted molar refractivity (Wildman–Crippen MR) is 123 cm³/mol. The zero-order valence-corrected chi connectivity index (χ0v) is 17.8. The summed E-state index contributed by atoms with van der Waals surface area (Å²) in [5.41, 5.74) is 2.55. The number of anilines is 2. The summed E-state index contributed by atoms with van der Waals surface area (Å²) in [6.07, 6.45) is 1.66. The summed E-state index contributed by atoms with van der Waals surface area (Å²) < 4.78 is 13.5. The van der Waals surface area contributed by atoms with Crippen molar-refractivity contribution in [2.45, 2.75) is 12.1 Å². The molecule has 0 bridgehead atoms. The lowest BCUT2D eigenvalue weighted by molar-refractivity contribution is -0.129. The Labute approximate surface area is 194 Å². The summed E-state index contributed by atoms with van der Waals surface area (Å²) in [6, 6.07) is 20.1. The number of halogens is 1. The van der Waals surface area contributed by atoms with Gasteiger partial charge in [0.1, 0.15) is 11.9 Å². The highest BCUT2D eigenvalue weighted by Crippen LogP contribution is 2.52.